The van der Waals surface area contributed by atoms with Crippen LogP contribution < -0.4 is 4.74 Å². The summed E-state index contributed by atoms with van der Waals surface area (Å²) >= 11 is 0. The third-order valence-electron chi connectivity index (χ3n) is 3.40. The molecule has 0 aliphatic carbocycles. The molecule has 25 heavy (non-hydrogen) atoms. The first-order chi connectivity index (χ1) is 12.0. The molecule has 0 aromatic heterocycles. The Morgan fingerprint density at radius 3 is 2.28 bits per heavy atom. The number of ether oxygens (including phenoxy) is 1. The highest BCUT2D eigenvalue weighted by molar-refractivity contribution is 6.10. The lowest BCUT2D eigenvalue weighted by Crippen LogP contribution is -2.01. The molecule has 0 unspecified atom stereocenters. The molecule has 0 aliphatic heterocycles. The summed E-state index contributed by atoms with van der Waals surface area (Å²) in [4.78, 5) is 23.6. The largest absolute Gasteiger partial charge is 0.507 e. The molecule has 0 amide bonds. The standard InChI is InChI=1S/C20H18O5/c1-25-20-11-7-14(12-19(20)24)6-9-16(21)13-17(22)10-8-15-4-2-3-5-18(15)23/h2-12,23-24H,13H2,1H3/b9-6+,10-8+. The van der Waals surface area contributed by atoms with Gasteiger partial charge in [0, 0.05) is 5.56 Å². The van der Waals surface area contributed by atoms with E-state index in [2.05, 4.69) is 0 Å². The Morgan fingerprint density at radius 1 is 0.960 bits per heavy atom. The maximum Gasteiger partial charge on any atom is 0.163 e. The second kappa shape index (κ2) is 8.49. The first-order valence-electron chi connectivity index (χ1n) is 7.56. The number of phenols is 2. The summed E-state index contributed by atoms with van der Waals surface area (Å²) < 4.78 is 4.94. The van der Waals surface area contributed by atoms with Gasteiger partial charge >= 0.3 is 0 Å². The van der Waals surface area contributed by atoms with Crippen LogP contribution in [0.3, 0.4) is 0 Å². The number of methoxy groups -OCH3 is 1. The van der Waals surface area contributed by atoms with E-state index in [-0.39, 0.29) is 29.5 Å². The van der Waals surface area contributed by atoms with Crippen molar-refractivity contribution in [1.82, 2.24) is 0 Å². The van der Waals surface area contributed by atoms with Crippen molar-refractivity contribution >= 4 is 23.7 Å². The normalized spacial score (nSPS) is 11.1. The Bertz CT molecular complexity index is 834. The smallest absolute Gasteiger partial charge is 0.163 e. The third-order valence-corrected chi connectivity index (χ3v) is 3.40. The number of benzene rings is 2. The highest BCUT2D eigenvalue weighted by Crippen LogP contribution is 2.26. The molecular weight excluding hydrogens is 320 g/mol. The van der Waals surface area contributed by atoms with Crippen LogP contribution in [-0.4, -0.2) is 28.9 Å². The number of aromatic hydroxyl groups is 2. The molecule has 0 radical (unpaired) electrons. The van der Waals surface area contributed by atoms with E-state index in [4.69, 9.17) is 4.74 Å². The van der Waals surface area contributed by atoms with Crippen molar-refractivity contribution in [1.29, 1.82) is 0 Å². The first-order valence-corrected chi connectivity index (χ1v) is 7.56. The van der Waals surface area contributed by atoms with E-state index in [1.165, 1.54) is 43.5 Å². The van der Waals surface area contributed by atoms with E-state index >= 15 is 0 Å². The number of rotatable bonds is 7. The molecular formula is C20H18O5. The van der Waals surface area contributed by atoms with Crippen molar-refractivity contribution < 1.29 is 24.5 Å². The van der Waals surface area contributed by atoms with Crippen molar-refractivity contribution in [2.24, 2.45) is 0 Å². The lowest BCUT2D eigenvalue weighted by molar-refractivity contribution is -0.121. The molecule has 0 atom stereocenters. The zero-order valence-corrected chi connectivity index (χ0v) is 13.7. The van der Waals surface area contributed by atoms with E-state index in [0.717, 1.165) is 0 Å². The Hall–Kier alpha value is -3.34. The Morgan fingerprint density at radius 2 is 1.64 bits per heavy atom. The van der Waals surface area contributed by atoms with E-state index in [0.29, 0.717) is 16.9 Å². The molecule has 0 fully saturated rings. The summed E-state index contributed by atoms with van der Waals surface area (Å²) in [6.07, 6.45) is 5.26. The van der Waals surface area contributed by atoms with Crippen LogP contribution in [0.15, 0.2) is 54.6 Å². The SMILES string of the molecule is COc1ccc(/C=C/C(=O)CC(=O)/C=C/c2ccccc2O)cc1O. The second-order valence-corrected chi connectivity index (χ2v) is 5.27. The predicted molar refractivity (Wildman–Crippen MR) is 95.5 cm³/mol. The van der Waals surface area contributed by atoms with Crippen molar-refractivity contribution in [3.05, 3.63) is 65.7 Å². The third kappa shape index (κ3) is 5.35. The van der Waals surface area contributed by atoms with E-state index in [1.54, 1.807) is 30.3 Å². The zero-order valence-electron chi connectivity index (χ0n) is 13.7. The minimum absolute atomic E-state index is 0.0289. The predicted octanol–water partition coefficient (Wildman–Crippen LogP) is 3.36. The van der Waals surface area contributed by atoms with Gasteiger partial charge in [0.15, 0.2) is 23.1 Å². The van der Waals surface area contributed by atoms with Gasteiger partial charge in [-0.2, -0.15) is 0 Å². The molecule has 0 aliphatic rings. The van der Waals surface area contributed by atoms with Crippen LogP contribution in [0.5, 0.6) is 17.2 Å². The Balaban J connectivity index is 1.94. The number of hydrogen-bond acceptors (Lipinski definition) is 5. The van der Waals surface area contributed by atoms with E-state index in [9.17, 15) is 19.8 Å². The number of carbonyl (C=O) groups is 2. The molecule has 2 aromatic rings. The number of phenolic OH excluding ortho intramolecular Hbond substituents is 2. The van der Waals surface area contributed by atoms with Gasteiger partial charge in [-0.1, -0.05) is 30.3 Å². The van der Waals surface area contributed by atoms with E-state index < -0.39 is 0 Å². The maximum absolute atomic E-state index is 11.8. The Labute approximate surface area is 145 Å². The van der Waals surface area contributed by atoms with Gasteiger partial charge in [-0.15, -0.1) is 0 Å². The van der Waals surface area contributed by atoms with Crippen molar-refractivity contribution in [3.63, 3.8) is 0 Å². The lowest BCUT2D eigenvalue weighted by atomic mass is 10.1. The quantitative estimate of drug-likeness (QED) is 0.597. The minimum Gasteiger partial charge on any atom is -0.507 e. The molecule has 0 bridgehead atoms. The summed E-state index contributed by atoms with van der Waals surface area (Å²) in [5.74, 6) is -0.346. The second-order valence-electron chi connectivity index (χ2n) is 5.27. The minimum atomic E-state index is -0.365. The van der Waals surface area contributed by atoms with Crippen LogP contribution in [-0.2, 0) is 9.59 Å². The van der Waals surface area contributed by atoms with Crippen LogP contribution in [0.4, 0.5) is 0 Å². The van der Waals surface area contributed by atoms with Gasteiger partial charge in [0.2, 0.25) is 0 Å². The van der Waals surface area contributed by atoms with Gasteiger partial charge in [0.25, 0.3) is 0 Å². The summed E-state index contributed by atoms with van der Waals surface area (Å²) in [6, 6.07) is 11.3. The van der Waals surface area contributed by atoms with Gasteiger partial charge in [0.05, 0.1) is 13.5 Å². The van der Waals surface area contributed by atoms with Gasteiger partial charge in [-0.05, 0) is 42.0 Å². The van der Waals surface area contributed by atoms with Crippen molar-refractivity contribution in [2.75, 3.05) is 7.11 Å². The fourth-order valence-corrected chi connectivity index (χ4v) is 2.10. The average molecular weight is 338 g/mol. The lowest BCUT2D eigenvalue weighted by Gasteiger charge is -2.03. The van der Waals surface area contributed by atoms with Crippen LogP contribution >= 0.6 is 0 Å². The van der Waals surface area contributed by atoms with Gasteiger partial charge in [-0.3, -0.25) is 9.59 Å². The monoisotopic (exact) mass is 338 g/mol. The molecule has 0 spiro atoms. The van der Waals surface area contributed by atoms with Crippen LogP contribution in [0.2, 0.25) is 0 Å². The molecule has 2 rings (SSSR count). The van der Waals surface area contributed by atoms with Crippen molar-refractivity contribution in [3.8, 4) is 17.2 Å². The van der Waals surface area contributed by atoms with Crippen LogP contribution in [0.1, 0.15) is 17.5 Å². The average Bonchev–Trinajstić information content (AvgIpc) is 2.59. The number of carbonyl (C=O) groups excluding carboxylic acids is 2. The maximum atomic E-state index is 11.8. The molecule has 0 saturated heterocycles. The van der Waals surface area contributed by atoms with Gasteiger partial charge < -0.3 is 14.9 Å². The molecule has 0 saturated carbocycles. The zero-order chi connectivity index (χ0) is 18.2. The topological polar surface area (TPSA) is 83.8 Å². The number of para-hydroxylation sites is 1. The number of hydrogen-bond donors (Lipinski definition) is 2. The molecule has 2 N–H and O–H groups in total. The highest BCUT2D eigenvalue weighted by Gasteiger charge is 2.05. The summed E-state index contributed by atoms with van der Waals surface area (Å²) in [6.45, 7) is 0. The van der Waals surface area contributed by atoms with E-state index in [1.807, 2.05) is 0 Å². The van der Waals surface area contributed by atoms with Gasteiger partial charge in [0.1, 0.15) is 5.75 Å². The molecule has 5 heteroatoms. The van der Waals surface area contributed by atoms with Crippen molar-refractivity contribution in [2.45, 2.75) is 6.42 Å². The highest BCUT2D eigenvalue weighted by atomic mass is 16.5. The molecule has 2 aromatic carbocycles. The summed E-state index contributed by atoms with van der Waals surface area (Å²) in [5.41, 5.74) is 1.12. The van der Waals surface area contributed by atoms with Crippen LogP contribution in [0.25, 0.3) is 12.2 Å². The fourth-order valence-electron chi connectivity index (χ4n) is 2.10. The van der Waals surface area contributed by atoms with Crippen LogP contribution in [0, 0.1) is 0 Å². The molecule has 128 valence electrons. The first kappa shape index (κ1) is 18.0. The Kier molecular flexibility index (Phi) is 6.12. The fraction of sp³-hybridized carbons (Fsp3) is 0.100. The molecule has 5 nitrogen and oxygen atoms in total. The summed E-state index contributed by atoms with van der Waals surface area (Å²) in [7, 11) is 1.45. The summed E-state index contributed by atoms with van der Waals surface area (Å²) in [5, 5.41) is 19.3. The van der Waals surface area contributed by atoms with Gasteiger partial charge in [-0.25, -0.2) is 0 Å². The number of ketones is 2. The number of allylic oxidation sites excluding steroid dienone is 2. The molecule has 0 heterocycles.